The maximum atomic E-state index is 13.7. The zero-order chi connectivity index (χ0) is 19.9. The number of amides is 1. The van der Waals surface area contributed by atoms with Crippen molar-refractivity contribution in [1.29, 1.82) is 0 Å². The minimum absolute atomic E-state index is 0.105. The van der Waals surface area contributed by atoms with Crippen LogP contribution in [-0.2, 0) is 33.3 Å². The molecule has 0 N–H and O–H groups in total. The quantitative estimate of drug-likeness (QED) is 0.742. The zero-order valence-electron chi connectivity index (χ0n) is 16.5. The molecule has 7 heteroatoms. The first-order valence-corrected chi connectivity index (χ1v) is 10.0. The molecule has 1 aliphatic carbocycles. The molecule has 0 radical (unpaired) electrons. The lowest BCUT2D eigenvalue weighted by Crippen LogP contribution is -2.44. The molecule has 2 aromatic rings. The molecule has 0 spiro atoms. The van der Waals surface area contributed by atoms with E-state index in [1.54, 1.807) is 10.9 Å². The number of benzene rings is 1. The van der Waals surface area contributed by atoms with Crippen LogP contribution in [0.2, 0.25) is 5.02 Å². The highest BCUT2D eigenvalue weighted by Gasteiger charge is 2.53. The number of rotatable bonds is 6. The summed E-state index contributed by atoms with van der Waals surface area (Å²) in [5, 5.41) is 4.99. The molecular weight excluding hydrogens is 378 g/mol. The van der Waals surface area contributed by atoms with E-state index in [1.807, 2.05) is 56.1 Å². The number of nitrogens with zero attached hydrogens (tertiary/aromatic N) is 3. The molecule has 1 aliphatic heterocycles. The minimum atomic E-state index is -0.626. The van der Waals surface area contributed by atoms with Gasteiger partial charge in [-0.05, 0) is 32.3 Å². The van der Waals surface area contributed by atoms with E-state index in [-0.39, 0.29) is 12.0 Å². The van der Waals surface area contributed by atoms with Gasteiger partial charge in [0.2, 0.25) is 5.91 Å². The fourth-order valence-electron chi connectivity index (χ4n) is 3.92. The molecule has 4 rings (SSSR count). The summed E-state index contributed by atoms with van der Waals surface area (Å²) in [6.45, 7) is 5.05. The van der Waals surface area contributed by atoms with Crippen LogP contribution in [0.15, 0.2) is 36.5 Å². The largest absolute Gasteiger partial charge is 0.348 e. The molecule has 0 unspecified atom stereocenters. The topological polar surface area (TPSA) is 56.6 Å². The molecule has 1 saturated heterocycles. The third kappa shape index (κ3) is 3.81. The van der Waals surface area contributed by atoms with E-state index in [9.17, 15) is 4.79 Å². The van der Waals surface area contributed by atoms with Crippen molar-refractivity contribution in [3.05, 3.63) is 52.8 Å². The van der Waals surface area contributed by atoms with Crippen molar-refractivity contribution in [2.75, 3.05) is 13.2 Å². The van der Waals surface area contributed by atoms with Crippen LogP contribution in [0.1, 0.15) is 37.9 Å². The minimum Gasteiger partial charge on any atom is -0.348 e. The lowest BCUT2D eigenvalue weighted by atomic mass is 9.94. The number of halogens is 1. The Morgan fingerprint density at radius 3 is 2.57 bits per heavy atom. The monoisotopic (exact) mass is 403 g/mol. The van der Waals surface area contributed by atoms with E-state index in [0.29, 0.717) is 30.4 Å². The molecule has 150 valence electrons. The molecular formula is C21H26ClN3O3. The van der Waals surface area contributed by atoms with Gasteiger partial charge in [-0.15, -0.1) is 0 Å². The SMILES string of the molecule is Cn1cc(Cl)c(CN(C[C@@H]2COC(C)(C)O2)C(=O)C2(c3ccccc3)CC2)n1. The zero-order valence-corrected chi connectivity index (χ0v) is 17.3. The number of carbonyl (C=O) groups excluding carboxylic acids is 1. The van der Waals surface area contributed by atoms with Gasteiger partial charge >= 0.3 is 0 Å². The standard InChI is InChI=1S/C21H26ClN3O3/c1-20(2)27-14-16(28-20)11-25(13-18-17(22)12-24(3)23-18)19(26)21(9-10-21)15-7-5-4-6-8-15/h4-8,12,16H,9-11,13-14H2,1-3H3/t16-/m1/s1. The summed E-state index contributed by atoms with van der Waals surface area (Å²) in [4.78, 5) is 15.5. The Morgan fingerprint density at radius 1 is 1.32 bits per heavy atom. The van der Waals surface area contributed by atoms with Crippen LogP contribution in [0.5, 0.6) is 0 Å². The third-order valence-electron chi connectivity index (χ3n) is 5.46. The van der Waals surface area contributed by atoms with E-state index < -0.39 is 11.2 Å². The second-order valence-corrected chi connectivity index (χ2v) is 8.59. The summed E-state index contributed by atoms with van der Waals surface area (Å²) < 4.78 is 13.3. The molecule has 2 heterocycles. The average Bonchev–Trinajstić information content (AvgIpc) is 3.31. The van der Waals surface area contributed by atoms with Gasteiger partial charge in [0.1, 0.15) is 11.8 Å². The van der Waals surface area contributed by atoms with Crippen LogP contribution in [0.25, 0.3) is 0 Å². The summed E-state index contributed by atoms with van der Waals surface area (Å²) >= 11 is 6.33. The summed E-state index contributed by atoms with van der Waals surface area (Å²) in [7, 11) is 1.82. The van der Waals surface area contributed by atoms with E-state index >= 15 is 0 Å². The Morgan fingerprint density at radius 2 is 2.04 bits per heavy atom. The van der Waals surface area contributed by atoms with Gasteiger partial charge in [-0.1, -0.05) is 41.9 Å². The molecule has 0 bridgehead atoms. The fourth-order valence-corrected chi connectivity index (χ4v) is 4.16. The Balaban J connectivity index is 1.59. The van der Waals surface area contributed by atoms with Gasteiger partial charge in [-0.25, -0.2) is 0 Å². The maximum Gasteiger partial charge on any atom is 0.233 e. The summed E-state index contributed by atoms with van der Waals surface area (Å²) in [5.74, 6) is -0.521. The van der Waals surface area contributed by atoms with Crippen LogP contribution in [0, 0.1) is 0 Å². The second-order valence-electron chi connectivity index (χ2n) is 8.18. The molecule has 2 fully saturated rings. The number of carbonyl (C=O) groups is 1. The number of ether oxygens (including phenoxy) is 2. The Bertz CT molecular complexity index is 861. The predicted octanol–water partition coefficient (Wildman–Crippen LogP) is 3.29. The van der Waals surface area contributed by atoms with Crippen molar-refractivity contribution < 1.29 is 14.3 Å². The number of hydrogen-bond acceptors (Lipinski definition) is 4. The first-order valence-electron chi connectivity index (χ1n) is 9.64. The van der Waals surface area contributed by atoms with Gasteiger partial charge in [0.25, 0.3) is 0 Å². The van der Waals surface area contributed by atoms with Crippen LogP contribution in [0.3, 0.4) is 0 Å². The van der Waals surface area contributed by atoms with Crippen molar-refractivity contribution >= 4 is 17.5 Å². The maximum absolute atomic E-state index is 13.7. The molecule has 1 atom stereocenters. The Hall–Kier alpha value is -1.89. The van der Waals surface area contributed by atoms with Gasteiger partial charge in [-0.2, -0.15) is 5.10 Å². The molecule has 1 amide bonds. The predicted molar refractivity (Wildman–Crippen MR) is 106 cm³/mol. The number of aryl methyl sites for hydroxylation is 1. The van der Waals surface area contributed by atoms with E-state index in [4.69, 9.17) is 21.1 Å². The summed E-state index contributed by atoms with van der Waals surface area (Å²) in [6, 6.07) is 10.0. The first-order chi connectivity index (χ1) is 13.3. The molecule has 2 aliphatic rings. The van der Waals surface area contributed by atoms with Crippen molar-refractivity contribution in [2.45, 2.75) is 50.5 Å². The highest BCUT2D eigenvalue weighted by molar-refractivity contribution is 6.31. The van der Waals surface area contributed by atoms with E-state index in [1.165, 1.54) is 0 Å². The molecule has 6 nitrogen and oxygen atoms in total. The fraction of sp³-hybridized carbons (Fsp3) is 0.524. The Labute approximate surface area is 170 Å². The van der Waals surface area contributed by atoms with Gasteiger partial charge in [0.15, 0.2) is 5.79 Å². The van der Waals surface area contributed by atoms with Gasteiger partial charge in [0.05, 0.1) is 23.6 Å². The number of hydrogen-bond donors (Lipinski definition) is 0. The van der Waals surface area contributed by atoms with Gasteiger partial charge in [-0.3, -0.25) is 9.48 Å². The smallest absolute Gasteiger partial charge is 0.233 e. The van der Waals surface area contributed by atoms with Crippen LogP contribution in [-0.4, -0.2) is 45.6 Å². The van der Waals surface area contributed by atoms with Gasteiger partial charge < -0.3 is 14.4 Å². The highest BCUT2D eigenvalue weighted by Crippen LogP contribution is 2.50. The lowest BCUT2D eigenvalue weighted by molar-refractivity contribution is -0.148. The molecule has 1 saturated carbocycles. The molecule has 1 aromatic heterocycles. The third-order valence-corrected chi connectivity index (χ3v) is 5.77. The highest BCUT2D eigenvalue weighted by atomic mass is 35.5. The van der Waals surface area contributed by atoms with Crippen molar-refractivity contribution in [1.82, 2.24) is 14.7 Å². The van der Waals surface area contributed by atoms with Crippen molar-refractivity contribution in [3.63, 3.8) is 0 Å². The van der Waals surface area contributed by atoms with E-state index in [0.717, 1.165) is 18.4 Å². The van der Waals surface area contributed by atoms with Crippen LogP contribution in [0.4, 0.5) is 0 Å². The Kier molecular flexibility index (Phi) is 4.98. The van der Waals surface area contributed by atoms with Gasteiger partial charge in [0, 0.05) is 19.8 Å². The first kappa shape index (κ1) is 19.4. The average molecular weight is 404 g/mol. The second kappa shape index (κ2) is 7.17. The summed E-state index contributed by atoms with van der Waals surface area (Å²) in [6.07, 6.45) is 3.29. The van der Waals surface area contributed by atoms with E-state index in [2.05, 4.69) is 5.10 Å². The van der Waals surface area contributed by atoms with Crippen molar-refractivity contribution in [2.24, 2.45) is 7.05 Å². The molecule has 1 aromatic carbocycles. The van der Waals surface area contributed by atoms with Crippen molar-refractivity contribution in [3.8, 4) is 0 Å². The van der Waals surface area contributed by atoms with Crippen LogP contribution < -0.4 is 0 Å². The summed E-state index contributed by atoms with van der Waals surface area (Å²) in [5.41, 5.74) is 1.32. The number of aromatic nitrogens is 2. The normalized spacial score (nSPS) is 22.2. The lowest BCUT2D eigenvalue weighted by Gasteiger charge is -2.29. The molecule has 28 heavy (non-hydrogen) atoms. The van der Waals surface area contributed by atoms with Crippen LogP contribution >= 0.6 is 11.6 Å².